The maximum atomic E-state index is 12.1. The minimum absolute atomic E-state index is 0.0421. The van der Waals surface area contributed by atoms with Crippen LogP contribution >= 0.6 is 11.8 Å². The first-order valence-corrected chi connectivity index (χ1v) is 10.1. The van der Waals surface area contributed by atoms with Crippen molar-refractivity contribution in [1.82, 2.24) is 15.5 Å². The Bertz CT molecular complexity index is 598. The molecule has 1 atom stereocenters. The van der Waals surface area contributed by atoms with E-state index in [1.54, 1.807) is 0 Å². The molecule has 3 N–H and O–H groups in total. The van der Waals surface area contributed by atoms with E-state index in [0.717, 1.165) is 55.2 Å². The van der Waals surface area contributed by atoms with Crippen molar-refractivity contribution in [2.75, 3.05) is 36.5 Å². The van der Waals surface area contributed by atoms with Crippen LogP contribution < -0.4 is 16.0 Å². The lowest BCUT2D eigenvalue weighted by molar-refractivity contribution is -0.121. The van der Waals surface area contributed by atoms with Crippen molar-refractivity contribution in [2.45, 2.75) is 31.8 Å². The summed E-state index contributed by atoms with van der Waals surface area (Å²) >= 11 is 1.89. The molecule has 2 heterocycles. The van der Waals surface area contributed by atoms with Gasteiger partial charge in [0.2, 0.25) is 5.91 Å². The number of thioether (sulfide) groups is 1. The number of hydrogen-bond donors (Lipinski definition) is 3. The zero-order valence-corrected chi connectivity index (χ0v) is 15.2. The molecular weight excluding hydrogens is 336 g/mol. The van der Waals surface area contributed by atoms with Crippen LogP contribution in [0.3, 0.4) is 0 Å². The molecule has 0 saturated carbocycles. The third-order valence-corrected chi connectivity index (χ3v) is 5.62. The predicted octanol–water partition coefficient (Wildman–Crippen LogP) is 2.03. The van der Waals surface area contributed by atoms with Crippen LogP contribution in [0.1, 0.15) is 24.8 Å². The number of hydrogen-bond acceptors (Lipinski definition) is 4. The van der Waals surface area contributed by atoms with Gasteiger partial charge in [-0.25, -0.2) is 4.79 Å². The Morgan fingerprint density at radius 2 is 2.12 bits per heavy atom. The van der Waals surface area contributed by atoms with E-state index in [1.807, 2.05) is 40.9 Å². The maximum Gasteiger partial charge on any atom is 0.321 e. The normalized spacial score (nSPS) is 20.3. The molecule has 25 heavy (non-hydrogen) atoms. The topological polar surface area (TPSA) is 73.5 Å². The number of carbonyl (C=O) groups is 2. The summed E-state index contributed by atoms with van der Waals surface area (Å²) in [7, 11) is 0. The second-order valence-electron chi connectivity index (χ2n) is 6.53. The lowest BCUT2D eigenvalue weighted by Gasteiger charge is -2.22. The van der Waals surface area contributed by atoms with Gasteiger partial charge in [0.1, 0.15) is 0 Å². The second-order valence-corrected chi connectivity index (χ2v) is 7.68. The van der Waals surface area contributed by atoms with Gasteiger partial charge in [0.25, 0.3) is 0 Å². The van der Waals surface area contributed by atoms with Crippen LogP contribution in [0, 0.1) is 0 Å². The molecule has 0 aliphatic carbocycles. The fourth-order valence-corrected chi connectivity index (χ4v) is 4.08. The summed E-state index contributed by atoms with van der Waals surface area (Å²) in [5.74, 6) is 2.17. The molecule has 1 unspecified atom stereocenters. The average molecular weight is 362 g/mol. The van der Waals surface area contributed by atoms with Gasteiger partial charge in [-0.15, -0.1) is 0 Å². The number of rotatable bonds is 5. The minimum atomic E-state index is -0.0421. The van der Waals surface area contributed by atoms with Crippen LogP contribution in [-0.4, -0.2) is 54.0 Å². The van der Waals surface area contributed by atoms with E-state index < -0.39 is 0 Å². The molecule has 2 fully saturated rings. The van der Waals surface area contributed by atoms with Crippen LogP contribution in [0.5, 0.6) is 0 Å². The van der Waals surface area contributed by atoms with Crippen LogP contribution in [0.2, 0.25) is 0 Å². The first kappa shape index (κ1) is 18.1. The van der Waals surface area contributed by atoms with Crippen molar-refractivity contribution >= 4 is 29.4 Å². The van der Waals surface area contributed by atoms with E-state index in [4.69, 9.17) is 0 Å². The van der Waals surface area contributed by atoms with Crippen LogP contribution in [-0.2, 0) is 11.3 Å². The highest BCUT2D eigenvalue weighted by Crippen LogP contribution is 2.14. The van der Waals surface area contributed by atoms with Gasteiger partial charge in [-0.05, 0) is 30.5 Å². The lowest BCUT2D eigenvalue weighted by atomic mass is 10.2. The highest BCUT2D eigenvalue weighted by molar-refractivity contribution is 7.99. The van der Waals surface area contributed by atoms with Gasteiger partial charge in [-0.2, -0.15) is 11.8 Å². The Labute approximate surface area is 153 Å². The Balaban J connectivity index is 1.46. The minimum Gasteiger partial charge on any atom is -0.352 e. The van der Waals surface area contributed by atoms with Gasteiger partial charge in [0.05, 0.1) is 0 Å². The molecule has 0 bridgehead atoms. The van der Waals surface area contributed by atoms with Gasteiger partial charge in [0, 0.05) is 55.8 Å². The van der Waals surface area contributed by atoms with Crippen molar-refractivity contribution in [3.63, 3.8) is 0 Å². The quantitative estimate of drug-likeness (QED) is 0.749. The number of amides is 3. The molecule has 7 heteroatoms. The summed E-state index contributed by atoms with van der Waals surface area (Å²) in [4.78, 5) is 26.1. The van der Waals surface area contributed by atoms with Crippen molar-refractivity contribution in [2.24, 2.45) is 0 Å². The van der Waals surface area contributed by atoms with E-state index in [1.165, 1.54) is 0 Å². The summed E-state index contributed by atoms with van der Waals surface area (Å²) < 4.78 is 0. The Hall–Kier alpha value is -1.73. The molecule has 2 aliphatic heterocycles. The van der Waals surface area contributed by atoms with Crippen molar-refractivity contribution < 1.29 is 9.59 Å². The van der Waals surface area contributed by atoms with Gasteiger partial charge in [-0.1, -0.05) is 12.1 Å². The predicted molar refractivity (Wildman–Crippen MR) is 102 cm³/mol. The number of nitrogens with zero attached hydrogens (tertiary/aromatic N) is 1. The summed E-state index contributed by atoms with van der Waals surface area (Å²) in [6.07, 6.45) is 2.67. The molecule has 0 aromatic heterocycles. The van der Waals surface area contributed by atoms with Crippen LogP contribution in [0.15, 0.2) is 24.3 Å². The highest BCUT2D eigenvalue weighted by Gasteiger charge is 2.18. The molecule has 0 spiro atoms. The summed E-state index contributed by atoms with van der Waals surface area (Å²) in [5, 5.41) is 9.28. The summed E-state index contributed by atoms with van der Waals surface area (Å²) in [5.41, 5.74) is 1.76. The molecule has 1 aromatic carbocycles. The van der Waals surface area contributed by atoms with Gasteiger partial charge < -0.3 is 20.9 Å². The number of urea groups is 1. The summed E-state index contributed by atoms with van der Waals surface area (Å²) in [6.45, 7) is 3.11. The molecule has 1 aromatic rings. The van der Waals surface area contributed by atoms with E-state index in [-0.39, 0.29) is 18.0 Å². The number of likely N-dealkylation sites (tertiary alicyclic amines) is 1. The van der Waals surface area contributed by atoms with E-state index in [9.17, 15) is 9.59 Å². The van der Waals surface area contributed by atoms with Crippen LogP contribution in [0.4, 0.5) is 10.5 Å². The van der Waals surface area contributed by atoms with Gasteiger partial charge >= 0.3 is 6.03 Å². The zero-order valence-electron chi connectivity index (χ0n) is 14.4. The number of nitrogens with one attached hydrogen (secondary N) is 3. The maximum absolute atomic E-state index is 12.1. The molecule has 136 valence electrons. The standard InChI is InChI=1S/C18H26N4O2S/c23-17(11-16-13-25-9-6-19-16)20-12-14-4-3-5-15(10-14)21-18(24)22-7-1-2-8-22/h3-5,10,16,19H,1-2,6-9,11-13H2,(H,20,23)(H,21,24). The Morgan fingerprint density at radius 3 is 2.88 bits per heavy atom. The van der Waals surface area contributed by atoms with Crippen molar-refractivity contribution in [3.05, 3.63) is 29.8 Å². The molecule has 6 nitrogen and oxygen atoms in total. The van der Waals surface area contributed by atoms with E-state index in [0.29, 0.717) is 13.0 Å². The summed E-state index contributed by atoms with van der Waals surface area (Å²) in [6, 6.07) is 7.89. The lowest BCUT2D eigenvalue weighted by Crippen LogP contribution is -2.41. The van der Waals surface area contributed by atoms with Gasteiger partial charge in [0.15, 0.2) is 0 Å². The molecular formula is C18H26N4O2S. The van der Waals surface area contributed by atoms with E-state index >= 15 is 0 Å². The fraction of sp³-hybridized carbons (Fsp3) is 0.556. The van der Waals surface area contributed by atoms with Crippen molar-refractivity contribution in [1.29, 1.82) is 0 Å². The first-order chi connectivity index (χ1) is 12.2. The third kappa shape index (κ3) is 5.64. The van der Waals surface area contributed by atoms with Crippen LogP contribution in [0.25, 0.3) is 0 Å². The number of benzene rings is 1. The monoisotopic (exact) mass is 362 g/mol. The number of carbonyl (C=O) groups excluding carboxylic acids is 2. The Morgan fingerprint density at radius 1 is 1.28 bits per heavy atom. The van der Waals surface area contributed by atoms with Crippen molar-refractivity contribution in [3.8, 4) is 0 Å². The highest BCUT2D eigenvalue weighted by atomic mass is 32.2. The number of anilines is 1. The molecule has 2 aliphatic rings. The largest absolute Gasteiger partial charge is 0.352 e. The Kier molecular flexibility index (Phi) is 6.58. The molecule has 2 saturated heterocycles. The van der Waals surface area contributed by atoms with Gasteiger partial charge in [-0.3, -0.25) is 4.79 Å². The average Bonchev–Trinajstić information content (AvgIpc) is 3.16. The third-order valence-electron chi connectivity index (χ3n) is 4.49. The van der Waals surface area contributed by atoms with E-state index in [2.05, 4.69) is 16.0 Å². The fourth-order valence-electron chi connectivity index (χ4n) is 3.13. The molecule has 0 radical (unpaired) electrons. The SMILES string of the molecule is O=C(CC1CSCCN1)NCc1cccc(NC(=O)N2CCCC2)c1. The second kappa shape index (κ2) is 9.10. The molecule has 3 amide bonds. The first-order valence-electron chi connectivity index (χ1n) is 8.93. The molecule has 3 rings (SSSR count). The zero-order chi connectivity index (χ0) is 17.5. The smallest absolute Gasteiger partial charge is 0.321 e.